The van der Waals surface area contributed by atoms with Crippen LogP contribution in [0.2, 0.25) is 0 Å². The van der Waals surface area contributed by atoms with Gasteiger partial charge in [-0.25, -0.2) is 9.37 Å². The van der Waals surface area contributed by atoms with Crippen molar-refractivity contribution in [3.8, 4) is 0 Å². The Kier molecular flexibility index (Phi) is 5.91. The Hall–Kier alpha value is -2.37. The molecule has 1 saturated heterocycles. The van der Waals surface area contributed by atoms with E-state index in [1.165, 1.54) is 12.5 Å². The fraction of sp³-hybridized carbons (Fsp3) is 0.500. The molecule has 0 amide bonds. The third-order valence-electron chi connectivity index (χ3n) is 4.82. The van der Waals surface area contributed by atoms with E-state index in [0.717, 1.165) is 56.6 Å². The van der Waals surface area contributed by atoms with Crippen LogP contribution in [0.15, 0.2) is 30.3 Å². The van der Waals surface area contributed by atoms with Crippen molar-refractivity contribution in [2.75, 3.05) is 54.5 Å². The smallest absolute Gasteiger partial charge is 0.227 e. The summed E-state index contributed by atoms with van der Waals surface area (Å²) in [5, 5.41) is 0. The number of aryl methyl sites for hydroxylation is 1. The van der Waals surface area contributed by atoms with Crippen LogP contribution in [0.25, 0.3) is 0 Å². The normalized spacial score (nSPS) is 14.6. The average molecular weight is 357 g/mol. The first-order chi connectivity index (χ1) is 12.6. The quantitative estimate of drug-likeness (QED) is 0.791. The molecule has 0 unspecified atom stereocenters. The SMILES string of the molecule is CCCCN(C)c1cc(C)nc(N2CCN(c3ccccc3F)CC2)n1. The summed E-state index contributed by atoms with van der Waals surface area (Å²) in [5.74, 6) is 1.58. The fourth-order valence-corrected chi connectivity index (χ4v) is 3.24. The highest BCUT2D eigenvalue weighted by Gasteiger charge is 2.21. The van der Waals surface area contributed by atoms with E-state index in [1.54, 1.807) is 6.07 Å². The molecule has 1 aliphatic heterocycles. The lowest BCUT2D eigenvalue weighted by Crippen LogP contribution is -2.47. The van der Waals surface area contributed by atoms with Crippen molar-refractivity contribution in [2.24, 2.45) is 0 Å². The molecule has 0 aliphatic carbocycles. The minimum atomic E-state index is -0.160. The Morgan fingerprint density at radius 3 is 2.46 bits per heavy atom. The summed E-state index contributed by atoms with van der Waals surface area (Å²) in [4.78, 5) is 15.9. The molecule has 0 saturated carbocycles. The molecule has 1 fully saturated rings. The molecular formula is C20H28FN5. The maximum Gasteiger partial charge on any atom is 0.227 e. The van der Waals surface area contributed by atoms with Crippen molar-refractivity contribution in [3.05, 3.63) is 41.8 Å². The molecule has 140 valence electrons. The van der Waals surface area contributed by atoms with Gasteiger partial charge in [0.2, 0.25) is 5.95 Å². The van der Waals surface area contributed by atoms with E-state index in [1.807, 2.05) is 25.1 Å². The summed E-state index contributed by atoms with van der Waals surface area (Å²) in [6.07, 6.45) is 2.31. The van der Waals surface area contributed by atoms with Crippen LogP contribution in [0.5, 0.6) is 0 Å². The number of piperazine rings is 1. The van der Waals surface area contributed by atoms with Crippen molar-refractivity contribution in [3.63, 3.8) is 0 Å². The molecule has 2 aromatic rings. The lowest BCUT2D eigenvalue weighted by molar-refractivity contribution is 0.593. The number of rotatable bonds is 6. The van der Waals surface area contributed by atoms with Gasteiger partial charge in [-0.05, 0) is 25.5 Å². The van der Waals surface area contributed by atoms with Gasteiger partial charge in [0.25, 0.3) is 0 Å². The van der Waals surface area contributed by atoms with Gasteiger partial charge in [-0.3, -0.25) is 0 Å². The molecule has 6 heteroatoms. The van der Waals surface area contributed by atoms with Crippen molar-refractivity contribution in [1.29, 1.82) is 0 Å². The molecule has 0 atom stereocenters. The molecule has 26 heavy (non-hydrogen) atoms. The largest absolute Gasteiger partial charge is 0.366 e. The lowest BCUT2D eigenvalue weighted by atomic mass is 10.2. The number of nitrogens with zero attached hydrogens (tertiary/aromatic N) is 5. The molecule has 3 rings (SSSR count). The third-order valence-corrected chi connectivity index (χ3v) is 4.82. The molecule has 1 aliphatic rings. The van der Waals surface area contributed by atoms with Crippen LogP contribution in [0.3, 0.4) is 0 Å². The van der Waals surface area contributed by atoms with E-state index in [-0.39, 0.29) is 5.82 Å². The maximum atomic E-state index is 14.0. The molecule has 0 bridgehead atoms. The van der Waals surface area contributed by atoms with Crippen LogP contribution in [-0.4, -0.2) is 49.7 Å². The van der Waals surface area contributed by atoms with Gasteiger partial charge >= 0.3 is 0 Å². The van der Waals surface area contributed by atoms with Gasteiger partial charge in [-0.1, -0.05) is 25.5 Å². The zero-order chi connectivity index (χ0) is 18.5. The zero-order valence-corrected chi connectivity index (χ0v) is 16.0. The minimum absolute atomic E-state index is 0.160. The van der Waals surface area contributed by atoms with Gasteiger partial charge in [-0.2, -0.15) is 4.98 Å². The minimum Gasteiger partial charge on any atom is -0.366 e. The van der Waals surface area contributed by atoms with Gasteiger partial charge < -0.3 is 14.7 Å². The van der Waals surface area contributed by atoms with Crippen LogP contribution in [0, 0.1) is 12.7 Å². The highest BCUT2D eigenvalue weighted by molar-refractivity contribution is 5.51. The van der Waals surface area contributed by atoms with Gasteiger partial charge in [0.15, 0.2) is 0 Å². The van der Waals surface area contributed by atoms with Crippen molar-refractivity contribution < 1.29 is 4.39 Å². The second kappa shape index (κ2) is 8.34. The summed E-state index contributed by atoms with van der Waals surface area (Å²) < 4.78 is 14.0. The molecule has 2 heterocycles. The second-order valence-electron chi connectivity index (χ2n) is 6.87. The summed E-state index contributed by atoms with van der Waals surface area (Å²) in [5.41, 5.74) is 1.65. The highest BCUT2D eigenvalue weighted by Crippen LogP contribution is 2.23. The number of aromatic nitrogens is 2. The number of para-hydroxylation sites is 1. The monoisotopic (exact) mass is 357 g/mol. The van der Waals surface area contributed by atoms with Crippen LogP contribution in [-0.2, 0) is 0 Å². The summed E-state index contributed by atoms with van der Waals surface area (Å²) in [7, 11) is 2.08. The Balaban J connectivity index is 1.69. The topological polar surface area (TPSA) is 35.5 Å². The Morgan fingerprint density at radius 1 is 1.08 bits per heavy atom. The molecule has 5 nitrogen and oxygen atoms in total. The Morgan fingerprint density at radius 2 is 1.77 bits per heavy atom. The van der Waals surface area contributed by atoms with E-state index in [4.69, 9.17) is 4.98 Å². The molecule has 0 spiro atoms. The van der Waals surface area contributed by atoms with E-state index in [9.17, 15) is 4.39 Å². The number of hydrogen-bond acceptors (Lipinski definition) is 5. The molecular weight excluding hydrogens is 329 g/mol. The number of halogens is 1. The van der Waals surface area contributed by atoms with E-state index in [0.29, 0.717) is 5.69 Å². The number of unbranched alkanes of at least 4 members (excludes halogenated alkanes) is 1. The average Bonchev–Trinajstić information content (AvgIpc) is 2.66. The van der Waals surface area contributed by atoms with Crippen LogP contribution < -0.4 is 14.7 Å². The third kappa shape index (κ3) is 4.23. The summed E-state index contributed by atoms with van der Waals surface area (Å²) >= 11 is 0. The predicted molar refractivity (Wildman–Crippen MR) is 106 cm³/mol. The number of benzene rings is 1. The Labute approximate surface area is 155 Å². The van der Waals surface area contributed by atoms with Crippen molar-refractivity contribution in [1.82, 2.24) is 9.97 Å². The van der Waals surface area contributed by atoms with Crippen LogP contribution in [0.4, 0.5) is 21.8 Å². The first-order valence-corrected chi connectivity index (χ1v) is 9.39. The van der Waals surface area contributed by atoms with E-state index in [2.05, 4.69) is 33.7 Å². The number of anilines is 3. The van der Waals surface area contributed by atoms with E-state index >= 15 is 0 Å². The highest BCUT2D eigenvalue weighted by atomic mass is 19.1. The standard InChI is InChI=1S/C20H28FN5/c1-4-5-10-24(3)19-15-16(2)22-20(23-19)26-13-11-25(12-14-26)18-9-7-6-8-17(18)21/h6-9,15H,4-5,10-14H2,1-3H3. The van der Waals surface area contributed by atoms with Crippen LogP contribution >= 0.6 is 0 Å². The molecule has 0 radical (unpaired) electrons. The van der Waals surface area contributed by atoms with Crippen molar-refractivity contribution in [2.45, 2.75) is 26.7 Å². The second-order valence-corrected chi connectivity index (χ2v) is 6.87. The van der Waals surface area contributed by atoms with Crippen molar-refractivity contribution >= 4 is 17.5 Å². The van der Waals surface area contributed by atoms with Gasteiger partial charge in [0.1, 0.15) is 11.6 Å². The van der Waals surface area contributed by atoms with Gasteiger partial charge in [-0.15, -0.1) is 0 Å². The van der Waals surface area contributed by atoms with Crippen LogP contribution in [0.1, 0.15) is 25.5 Å². The lowest BCUT2D eigenvalue weighted by Gasteiger charge is -2.36. The van der Waals surface area contributed by atoms with Gasteiger partial charge in [0.05, 0.1) is 5.69 Å². The Bertz CT molecular complexity index is 728. The molecule has 1 aromatic carbocycles. The summed E-state index contributed by atoms with van der Waals surface area (Å²) in [6, 6.07) is 9.01. The fourth-order valence-electron chi connectivity index (χ4n) is 3.24. The summed E-state index contributed by atoms with van der Waals surface area (Å²) in [6.45, 7) is 8.30. The first kappa shape index (κ1) is 18.4. The first-order valence-electron chi connectivity index (χ1n) is 9.39. The van der Waals surface area contributed by atoms with Gasteiger partial charge in [0, 0.05) is 51.5 Å². The van der Waals surface area contributed by atoms with E-state index < -0.39 is 0 Å². The number of hydrogen-bond donors (Lipinski definition) is 0. The molecule has 1 aromatic heterocycles. The maximum absolute atomic E-state index is 14.0. The zero-order valence-electron chi connectivity index (χ0n) is 16.0. The predicted octanol–water partition coefficient (Wildman–Crippen LogP) is 3.49. The molecule has 0 N–H and O–H groups in total.